The van der Waals surface area contributed by atoms with Gasteiger partial charge in [0.05, 0.1) is 6.61 Å². The molecular weight excluding hydrogens is 230 g/mol. The van der Waals surface area contributed by atoms with Gasteiger partial charge in [0.25, 0.3) is 0 Å². The highest BCUT2D eigenvalue weighted by Gasteiger charge is 2.08. The first-order valence-electron chi connectivity index (χ1n) is 6.09. The molecule has 1 rings (SSSR count). The van der Waals surface area contributed by atoms with Crippen molar-refractivity contribution in [3.05, 3.63) is 29.3 Å². The van der Waals surface area contributed by atoms with Crippen LogP contribution in [0.15, 0.2) is 23.1 Å². The molecule has 0 radical (unpaired) electrons. The molecule has 0 heterocycles. The quantitative estimate of drug-likeness (QED) is 0.755. The summed E-state index contributed by atoms with van der Waals surface area (Å²) in [6, 6.07) is 7.05. The molecule has 0 bridgehead atoms. The third kappa shape index (κ3) is 5.11. The molecule has 1 N–H and O–H groups in total. The third-order valence-electron chi connectivity index (χ3n) is 2.63. The molecule has 0 saturated carbocycles. The Balaban J connectivity index is 2.52. The van der Waals surface area contributed by atoms with Crippen LogP contribution in [0.2, 0.25) is 0 Å². The Bertz CT molecular complexity index is 335. The average molecular weight is 253 g/mol. The molecular formula is C14H23NOS. The lowest BCUT2D eigenvalue weighted by Crippen LogP contribution is -2.35. The monoisotopic (exact) mass is 253 g/mol. The molecule has 1 unspecified atom stereocenters. The first-order chi connectivity index (χ1) is 8.17. The normalized spacial score (nSPS) is 12.7. The summed E-state index contributed by atoms with van der Waals surface area (Å²) in [7, 11) is 1.76. The maximum atomic E-state index is 5.22. The van der Waals surface area contributed by atoms with Crippen LogP contribution in [0.25, 0.3) is 0 Å². The Morgan fingerprint density at radius 2 is 2.12 bits per heavy atom. The Morgan fingerprint density at radius 1 is 1.35 bits per heavy atom. The Morgan fingerprint density at radius 3 is 2.71 bits per heavy atom. The Hall–Kier alpha value is -0.510. The Labute approximate surface area is 109 Å². The van der Waals surface area contributed by atoms with Gasteiger partial charge in [-0.1, -0.05) is 24.6 Å². The van der Waals surface area contributed by atoms with Crippen molar-refractivity contribution in [2.24, 2.45) is 0 Å². The fourth-order valence-electron chi connectivity index (χ4n) is 1.81. The number of nitrogens with one attached hydrogen (secondary N) is 1. The van der Waals surface area contributed by atoms with E-state index in [-0.39, 0.29) is 0 Å². The molecule has 17 heavy (non-hydrogen) atoms. The molecule has 0 fully saturated rings. The van der Waals surface area contributed by atoms with E-state index >= 15 is 0 Å². The maximum absolute atomic E-state index is 5.22. The van der Waals surface area contributed by atoms with Gasteiger partial charge in [-0.05, 0) is 32.0 Å². The van der Waals surface area contributed by atoms with Gasteiger partial charge in [0.15, 0.2) is 0 Å². The van der Waals surface area contributed by atoms with Gasteiger partial charge < -0.3 is 10.1 Å². The van der Waals surface area contributed by atoms with Crippen LogP contribution >= 0.6 is 11.8 Å². The number of hydrogen-bond acceptors (Lipinski definition) is 3. The molecule has 0 aromatic heterocycles. The minimum atomic E-state index is 0.427. The van der Waals surface area contributed by atoms with E-state index in [9.17, 15) is 0 Å². The summed E-state index contributed by atoms with van der Waals surface area (Å²) in [6.45, 7) is 8.19. The molecule has 96 valence electrons. The topological polar surface area (TPSA) is 21.3 Å². The lowest BCUT2D eigenvalue weighted by molar-refractivity contribution is 0.174. The van der Waals surface area contributed by atoms with Crippen molar-refractivity contribution in [2.45, 2.75) is 31.7 Å². The van der Waals surface area contributed by atoms with E-state index in [4.69, 9.17) is 4.74 Å². The predicted octanol–water partition coefficient (Wildman–Crippen LogP) is 3.02. The van der Waals surface area contributed by atoms with Gasteiger partial charge in [-0.25, -0.2) is 0 Å². The maximum Gasteiger partial charge on any atom is 0.0624 e. The molecule has 0 saturated heterocycles. The highest BCUT2D eigenvalue weighted by Crippen LogP contribution is 2.23. The molecule has 0 spiro atoms. The number of aryl methyl sites for hydroxylation is 2. The van der Waals surface area contributed by atoms with Crippen molar-refractivity contribution >= 4 is 11.8 Å². The zero-order valence-corrected chi connectivity index (χ0v) is 12.1. The van der Waals surface area contributed by atoms with Gasteiger partial charge in [0.1, 0.15) is 0 Å². The highest BCUT2D eigenvalue weighted by atomic mass is 32.2. The van der Waals surface area contributed by atoms with Crippen molar-refractivity contribution < 1.29 is 4.74 Å². The number of methoxy groups -OCH3 is 1. The molecule has 3 heteroatoms. The fourth-order valence-corrected chi connectivity index (χ4v) is 2.85. The molecule has 2 nitrogen and oxygen atoms in total. The van der Waals surface area contributed by atoms with Crippen LogP contribution in [0.3, 0.4) is 0 Å². The first kappa shape index (κ1) is 14.6. The van der Waals surface area contributed by atoms with E-state index in [1.807, 2.05) is 11.8 Å². The highest BCUT2D eigenvalue weighted by molar-refractivity contribution is 7.99. The molecule has 1 aromatic rings. The number of benzene rings is 1. The van der Waals surface area contributed by atoms with E-state index in [1.165, 1.54) is 16.0 Å². The van der Waals surface area contributed by atoms with Crippen molar-refractivity contribution in [1.29, 1.82) is 0 Å². The van der Waals surface area contributed by atoms with E-state index in [1.54, 1.807) is 7.11 Å². The number of likely N-dealkylation sites (N-methyl/N-ethyl adjacent to an activating group) is 1. The van der Waals surface area contributed by atoms with E-state index in [2.05, 4.69) is 44.3 Å². The van der Waals surface area contributed by atoms with E-state index < -0.39 is 0 Å². The van der Waals surface area contributed by atoms with Crippen LogP contribution in [-0.2, 0) is 4.74 Å². The zero-order chi connectivity index (χ0) is 12.7. The lowest BCUT2D eigenvalue weighted by Gasteiger charge is -2.17. The summed E-state index contributed by atoms with van der Waals surface area (Å²) in [4.78, 5) is 1.37. The standard InChI is InChI=1S/C14H23NOS/c1-5-15-13(9-16-4)10-17-14-7-6-11(2)8-12(14)3/h6-8,13,15H,5,9-10H2,1-4H3. The van der Waals surface area contributed by atoms with E-state index in [0.29, 0.717) is 6.04 Å². The average Bonchev–Trinajstić information content (AvgIpc) is 2.28. The smallest absolute Gasteiger partial charge is 0.0624 e. The van der Waals surface area contributed by atoms with Crippen LogP contribution in [0, 0.1) is 13.8 Å². The first-order valence-corrected chi connectivity index (χ1v) is 7.08. The SMILES string of the molecule is CCNC(COC)CSc1ccc(C)cc1C. The van der Waals surface area contributed by atoms with Crippen LogP contribution in [-0.4, -0.2) is 32.1 Å². The molecule has 0 aliphatic rings. The molecule has 0 aliphatic carbocycles. The Kier molecular flexibility index (Phi) is 6.63. The van der Waals surface area contributed by atoms with Gasteiger partial charge in [0.2, 0.25) is 0 Å². The second kappa shape index (κ2) is 7.75. The predicted molar refractivity (Wildman–Crippen MR) is 76.0 cm³/mol. The minimum absolute atomic E-state index is 0.427. The van der Waals surface area contributed by atoms with Crippen LogP contribution < -0.4 is 5.32 Å². The summed E-state index contributed by atoms with van der Waals surface area (Å²) < 4.78 is 5.22. The molecule has 1 aromatic carbocycles. The van der Waals surface area contributed by atoms with Crippen molar-refractivity contribution in [3.63, 3.8) is 0 Å². The van der Waals surface area contributed by atoms with Crippen LogP contribution in [0.4, 0.5) is 0 Å². The molecule has 0 amide bonds. The van der Waals surface area contributed by atoms with Crippen molar-refractivity contribution in [3.8, 4) is 0 Å². The van der Waals surface area contributed by atoms with Crippen molar-refractivity contribution in [2.75, 3.05) is 26.0 Å². The third-order valence-corrected chi connectivity index (χ3v) is 3.97. The fraction of sp³-hybridized carbons (Fsp3) is 0.571. The van der Waals surface area contributed by atoms with E-state index in [0.717, 1.165) is 18.9 Å². The van der Waals surface area contributed by atoms with Gasteiger partial charge in [-0.15, -0.1) is 11.8 Å². The van der Waals surface area contributed by atoms with Crippen molar-refractivity contribution in [1.82, 2.24) is 5.32 Å². The molecule has 0 aliphatic heterocycles. The number of hydrogen-bond donors (Lipinski definition) is 1. The van der Waals surface area contributed by atoms with Crippen LogP contribution in [0.5, 0.6) is 0 Å². The van der Waals surface area contributed by atoms with Gasteiger partial charge >= 0.3 is 0 Å². The largest absolute Gasteiger partial charge is 0.383 e. The summed E-state index contributed by atoms with van der Waals surface area (Å²) in [6.07, 6.45) is 0. The minimum Gasteiger partial charge on any atom is -0.383 e. The lowest BCUT2D eigenvalue weighted by atomic mass is 10.2. The molecule has 1 atom stereocenters. The number of rotatable bonds is 7. The second-order valence-corrected chi connectivity index (χ2v) is 5.35. The zero-order valence-electron chi connectivity index (χ0n) is 11.2. The summed E-state index contributed by atoms with van der Waals surface area (Å²) in [5, 5.41) is 3.44. The number of ether oxygens (including phenoxy) is 1. The summed E-state index contributed by atoms with van der Waals surface area (Å²) >= 11 is 1.90. The van der Waals surface area contributed by atoms with Gasteiger partial charge in [-0.3, -0.25) is 0 Å². The van der Waals surface area contributed by atoms with Gasteiger partial charge in [0, 0.05) is 23.8 Å². The second-order valence-electron chi connectivity index (χ2n) is 4.29. The van der Waals surface area contributed by atoms with Crippen LogP contribution in [0.1, 0.15) is 18.1 Å². The summed E-state index contributed by atoms with van der Waals surface area (Å²) in [5.41, 5.74) is 2.69. The summed E-state index contributed by atoms with van der Waals surface area (Å²) in [5.74, 6) is 1.05. The van der Waals surface area contributed by atoms with Gasteiger partial charge in [-0.2, -0.15) is 0 Å². The number of thioether (sulfide) groups is 1.